The van der Waals surface area contributed by atoms with E-state index in [9.17, 15) is 68.3 Å². The third-order valence-electron chi connectivity index (χ3n) is 24.2. The van der Waals surface area contributed by atoms with Gasteiger partial charge in [-0.25, -0.2) is 9.13 Å². The zero-order chi connectivity index (χ0) is 92.5. The minimum Gasteiger partial charge on any atom is -0.462 e. The van der Waals surface area contributed by atoms with Crippen molar-refractivity contribution in [3.63, 3.8) is 0 Å². The van der Waals surface area contributed by atoms with Crippen LogP contribution in [0.4, 0.5) is 0 Å². The third-order valence-corrected chi connectivity index (χ3v) is 25.3. The largest absolute Gasteiger partial charge is 0.470 e. The summed E-state index contributed by atoms with van der Waals surface area (Å²) in [5.41, 5.74) is 0. The number of aliphatic hydroxyl groups is 4. The molecule has 0 radical (unpaired) electrons. The average Bonchev–Trinajstić information content (AvgIpc) is 0.777. The Morgan fingerprint density at radius 1 is 0.341 bits per heavy atom. The van der Waals surface area contributed by atoms with Crippen molar-refractivity contribution in [2.75, 3.05) is 26.4 Å². The van der Waals surface area contributed by atoms with Crippen molar-refractivity contribution in [3.8, 4) is 0 Å². The van der Waals surface area contributed by atoms with Crippen LogP contribution in [0.25, 0.3) is 0 Å². The Morgan fingerprint density at radius 2 is 0.651 bits per heavy atom. The monoisotopic (exact) mass is 1840 g/mol. The molecule has 30 heteroatoms. The van der Waals surface area contributed by atoms with Gasteiger partial charge in [0, 0.05) is 12.8 Å². The zero-order valence-corrected chi connectivity index (χ0v) is 81.2. The number of unbranched alkanes of at least 4 members (excludes halogenated alkanes) is 50. The van der Waals surface area contributed by atoms with E-state index in [1.807, 2.05) is 0 Å². The highest BCUT2D eigenvalue weighted by Crippen LogP contribution is 2.43. The molecule has 2 amide bonds. The average molecular weight is 1840 g/mol. The van der Waals surface area contributed by atoms with E-state index in [2.05, 4.69) is 52.2 Å². The topological polar surface area (TPSA) is 415 Å². The molecule has 742 valence electrons. The van der Waals surface area contributed by atoms with Crippen molar-refractivity contribution in [2.24, 2.45) is 0 Å². The normalized spacial score (nSPS) is 20.2. The van der Waals surface area contributed by atoms with Crippen LogP contribution in [0.2, 0.25) is 0 Å². The van der Waals surface area contributed by atoms with Crippen LogP contribution < -0.4 is 10.6 Å². The summed E-state index contributed by atoms with van der Waals surface area (Å²) in [4.78, 5) is 127. The first-order valence-corrected chi connectivity index (χ1v) is 53.9. The Kier molecular flexibility index (Phi) is 73.6. The van der Waals surface area contributed by atoms with Gasteiger partial charge in [0.05, 0.1) is 64.3 Å². The summed E-state index contributed by atoms with van der Waals surface area (Å²) in [7, 11) is -10.8. The van der Waals surface area contributed by atoms with Crippen molar-refractivity contribution < 1.29 is 125 Å². The van der Waals surface area contributed by atoms with E-state index in [4.69, 9.17) is 46.9 Å². The van der Waals surface area contributed by atoms with Crippen LogP contribution in [0, 0.1) is 0 Å². The maximum atomic E-state index is 15.2. The van der Waals surface area contributed by atoms with E-state index in [-0.39, 0.29) is 38.5 Å². The molecular weight excluding hydrogens is 1660 g/mol. The van der Waals surface area contributed by atoms with Gasteiger partial charge in [-0.15, -0.1) is 0 Å². The minimum absolute atomic E-state index is 0.0838. The first-order chi connectivity index (χ1) is 60.8. The van der Waals surface area contributed by atoms with Gasteiger partial charge in [0.2, 0.25) is 11.8 Å². The summed E-state index contributed by atoms with van der Waals surface area (Å²) in [5.74, 6) is -4.79. The van der Waals surface area contributed by atoms with Gasteiger partial charge in [-0.2, -0.15) is 0 Å². The van der Waals surface area contributed by atoms with Crippen LogP contribution in [-0.4, -0.2) is 188 Å². The SMILES string of the molecule is CCCCCCCCCCCCCC(=O)O[C@H](CCCCCCCCCCC)CC(=O)O[C@@H]1[C@@H](NC(=O)C[C@@H](CCCCCCCCCCC)OC(=O)CCCCCCCCCCC)[C@H](OC[C@H]2O[C@H](OCCOP(=O)(O)O)[C@H](NC(=O)C[C@H](O)CCCCCCCCCCC)[C@@H](OC(=O)C[C@H](O)CCCCCCCCCCC)[C@@H]2O)O[C@H](CO)[C@H]1OP(=O)(O)O. The molecule has 0 spiro atoms. The Balaban J connectivity index is 2.89. The van der Waals surface area contributed by atoms with Crippen molar-refractivity contribution >= 4 is 51.3 Å². The van der Waals surface area contributed by atoms with Crippen LogP contribution in [0.3, 0.4) is 0 Å². The molecule has 2 aliphatic rings. The fourth-order valence-electron chi connectivity index (χ4n) is 16.8. The lowest BCUT2D eigenvalue weighted by molar-refractivity contribution is -0.305. The Bertz CT molecular complexity index is 2770. The van der Waals surface area contributed by atoms with E-state index < -0.39 is 189 Å². The lowest BCUT2D eigenvalue weighted by atomic mass is 9.95. The first-order valence-electron chi connectivity index (χ1n) is 50.8. The van der Waals surface area contributed by atoms with Crippen LogP contribution in [0.5, 0.6) is 0 Å². The Labute approximate surface area is 760 Å². The van der Waals surface area contributed by atoms with Gasteiger partial charge in [-0.1, -0.05) is 375 Å². The van der Waals surface area contributed by atoms with Gasteiger partial charge in [-0.05, 0) is 51.4 Å². The van der Waals surface area contributed by atoms with Crippen molar-refractivity contribution in [1.82, 2.24) is 10.6 Å². The highest BCUT2D eigenvalue weighted by Gasteiger charge is 2.54. The van der Waals surface area contributed by atoms with E-state index in [0.29, 0.717) is 38.5 Å². The number of hydrogen-bond acceptors (Lipinski definition) is 22. The fraction of sp³-hybridized carbons (Fsp3) is 0.938. The smallest absolute Gasteiger partial charge is 0.462 e. The molecule has 2 saturated heterocycles. The molecule has 0 saturated carbocycles. The second-order valence-electron chi connectivity index (χ2n) is 36.1. The number of hydrogen-bond donors (Lipinski definition) is 10. The second-order valence-corrected chi connectivity index (χ2v) is 38.6. The predicted octanol–water partition coefficient (Wildman–Crippen LogP) is 20.6. The zero-order valence-electron chi connectivity index (χ0n) is 79.4. The standard InChI is InChI=1S/C96H182N2O26P2/c1-7-13-19-25-31-37-38-44-50-56-62-68-86(105)119-80(66-60-54-48-42-35-29-23-17-11-5)74-88(107)123-94-90(98-84(103)73-79(65-59-53-47-41-34-28-22-16-10-4)118-85(104)67-61-55-49-43-36-30-24-18-12-6)96(120-81(75-99)92(94)124-126(112,113)114)116-76-82-91(108)93(122-87(106)72-78(101)64-58-52-46-40-33-27-21-15-9-3)89(95(121-82)115-69-70-117-125(109,110)111)97-83(102)71-77(100)63-57-51-45-39-32-26-20-14-8-2/h77-82,89-96,99-101,108H,7-76H2,1-6H3,(H,97,102)(H,98,103)(H2,109,110,111)(H2,112,113,114)/t77-,78-,79-,80-,81-,82-,89-,90-,91-,92-,93-,94-,95+,96-/m1/s1. The van der Waals surface area contributed by atoms with Gasteiger partial charge in [-0.3, -0.25) is 37.8 Å². The molecule has 0 bridgehead atoms. The minimum atomic E-state index is -5.68. The number of phosphoric acid groups is 2. The summed E-state index contributed by atoms with van der Waals surface area (Å²) in [5, 5.41) is 52.1. The van der Waals surface area contributed by atoms with Crippen molar-refractivity contribution in [2.45, 2.75) is 551 Å². The van der Waals surface area contributed by atoms with Crippen molar-refractivity contribution in [1.29, 1.82) is 0 Å². The van der Waals surface area contributed by atoms with E-state index in [1.54, 1.807) is 0 Å². The summed E-state index contributed by atoms with van der Waals surface area (Å²) >= 11 is 0. The highest BCUT2D eigenvalue weighted by molar-refractivity contribution is 7.46. The molecule has 2 rings (SSSR count). The summed E-state index contributed by atoms with van der Waals surface area (Å²) in [6, 6.07) is -3.56. The lowest BCUT2D eigenvalue weighted by Gasteiger charge is -2.47. The van der Waals surface area contributed by atoms with Gasteiger partial charge in [0.1, 0.15) is 48.7 Å². The van der Waals surface area contributed by atoms with Crippen LogP contribution in [-0.2, 0) is 84.8 Å². The Morgan fingerprint density at radius 3 is 1.02 bits per heavy atom. The molecule has 0 aromatic carbocycles. The first kappa shape index (κ1) is 119. The lowest BCUT2D eigenvalue weighted by Crippen LogP contribution is -2.68. The molecule has 2 fully saturated rings. The number of esters is 4. The number of phosphoric ester groups is 2. The van der Waals surface area contributed by atoms with Crippen LogP contribution in [0.15, 0.2) is 0 Å². The van der Waals surface area contributed by atoms with Gasteiger partial charge >= 0.3 is 39.5 Å². The molecule has 126 heavy (non-hydrogen) atoms. The maximum absolute atomic E-state index is 15.2. The van der Waals surface area contributed by atoms with Gasteiger partial charge in [0.25, 0.3) is 0 Å². The van der Waals surface area contributed by atoms with E-state index in [0.717, 1.165) is 250 Å². The molecule has 28 nitrogen and oxygen atoms in total. The molecule has 2 aliphatic heterocycles. The number of nitrogens with one attached hydrogen (secondary N) is 2. The van der Waals surface area contributed by atoms with E-state index in [1.165, 1.54) is 70.6 Å². The summed E-state index contributed by atoms with van der Waals surface area (Å²) in [6.07, 6.45) is 35.8. The molecule has 14 atom stereocenters. The highest BCUT2D eigenvalue weighted by atomic mass is 31.2. The summed E-state index contributed by atoms with van der Waals surface area (Å²) in [6.45, 7) is 9.62. The summed E-state index contributed by atoms with van der Waals surface area (Å²) < 4.78 is 85.5. The quantitative estimate of drug-likeness (QED) is 0.0117. The number of carbonyl (C=O) groups excluding carboxylic acids is 6. The van der Waals surface area contributed by atoms with Gasteiger partial charge < -0.3 is 88.5 Å². The molecule has 2 heterocycles. The van der Waals surface area contributed by atoms with Crippen LogP contribution >= 0.6 is 15.6 Å². The molecule has 10 N–H and O–H groups in total. The third kappa shape index (κ3) is 63.8. The number of rotatable bonds is 87. The molecule has 0 aromatic rings. The number of aliphatic hydroxyl groups excluding tert-OH is 4. The van der Waals surface area contributed by atoms with E-state index >= 15 is 9.59 Å². The number of ether oxygens (including phenoxy) is 8. The number of carbonyl (C=O) groups is 6. The Hall–Kier alpha value is -3.28. The van der Waals surface area contributed by atoms with Crippen molar-refractivity contribution in [3.05, 3.63) is 0 Å². The van der Waals surface area contributed by atoms with Gasteiger partial charge in [0.15, 0.2) is 24.8 Å². The fourth-order valence-corrected chi connectivity index (χ4v) is 17.7. The molecule has 0 aromatic heterocycles. The number of amides is 2. The molecular formula is C96H182N2O26P2. The second kappa shape index (κ2) is 78.1. The molecule has 0 unspecified atom stereocenters. The molecule has 0 aliphatic carbocycles. The predicted molar refractivity (Wildman–Crippen MR) is 491 cm³/mol. The van der Waals surface area contributed by atoms with Crippen LogP contribution in [0.1, 0.15) is 465 Å². The maximum Gasteiger partial charge on any atom is 0.470 e.